The van der Waals surface area contributed by atoms with E-state index in [4.69, 9.17) is 0 Å². The van der Waals surface area contributed by atoms with Gasteiger partial charge in [-0.1, -0.05) is 12.1 Å². The summed E-state index contributed by atoms with van der Waals surface area (Å²) in [6.45, 7) is 9.22. The third-order valence-corrected chi connectivity index (χ3v) is 6.74. The molecular weight excluding hydrogens is 465 g/mol. The number of aromatic nitrogens is 1. The molecular formula is C27H31ClFN5O. The second-order valence-electron chi connectivity index (χ2n) is 9.20. The number of anilines is 3. The number of nitrogens with zero attached hydrogens (tertiary/aromatic N) is 3. The van der Waals surface area contributed by atoms with Gasteiger partial charge in [0.2, 0.25) is 5.95 Å². The van der Waals surface area contributed by atoms with E-state index in [1.807, 2.05) is 24.3 Å². The van der Waals surface area contributed by atoms with Crippen LogP contribution in [0.4, 0.5) is 21.6 Å². The zero-order valence-corrected chi connectivity index (χ0v) is 20.9. The lowest BCUT2D eigenvalue weighted by atomic mass is 10.00. The number of hydrogen-bond donors (Lipinski definition) is 2. The van der Waals surface area contributed by atoms with Crippen LogP contribution in [0.1, 0.15) is 29.8 Å². The summed E-state index contributed by atoms with van der Waals surface area (Å²) >= 11 is 0. The van der Waals surface area contributed by atoms with Crippen molar-refractivity contribution in [3.8, 4) is 11.1 Å². The molecule has 1 amide bonds. The van der Waals surface area contributed by atoms with Crippen LogP contribution >= 0.6 is 12.4 Å². The number of pyridine rings is 1. The molecule has 2 aliphatic rings. The highest BCUT2D eigenvalue weighted by atomic mass is 35.5. The van der Waals surface area contributed by atoms with Gasteiger partial charge in [0.15, 0.2) is 0 Å². The van der Waals surface area contributed by atoms with Crippen LogP contribution in [-0.2, 0) is 6.42 Å². The van der Waals surface area contributed by atoms with Crippen LogP contribution < -0.4 is 15.5 Å². The third kappa shape index (κ3) is 5.41. The first-order valence-electron chi connectivity index (χ1n) is 11.9. The fourth-order valence-corrected chi connectivity index (χ4v) is 4.72. The van der Waals surface area contributed by atoms with Crippen LogP contribution in [0.25, 0.3) is 11.1 Å². The molecule has 3 heterocycles. The number of benzene rings is 2. The molecule has 0 aliphatic carbocycles. The van der Waals surface area contributed by atoms with E-state index in [0.717, 1.165) is 49.4 Å². The minimum Gasteiger partial charge on any atom is -0.369 e. The number of rotatable bonds is 5. The molecule has 6 nitrogen and oxygen atoms in total. The van der Waals surface area contributed by atoms with E-state index in [2.05, 4.69) is 51.4 Å². The van der Waals surface area contributed by atoms with Crippen LogP contribution in [0, 0.1) is 5.95 Å². The molecule has 5 rings (SSSR count). The van der Waals surface area contributed by atoms with Crippen molar-refractivity contribution in [2.24, 2.45) is 0 Å². The largest absolute Gasteiger partial charge is 0.369 e. The predicted molar refractivity (Wildman–Crippen MR) is 142 cm³/mol. The van der Waals surface area contributed by atoms with E-state index in [1.165, 1.54) is 5.69 Å². The monoisotopic (exact) mass is 495 g/mol. The Kier molecular flexibility index (Phi) is 7.57. The average Bonchev–Trinajstić information content (AvgIpc) is 2.84. The zero-order valence-electron chi connectivity index (χ0n) is 20.1. The van der Waals surface area contributed by atoms with Gasteiger partial charge >= 0.3 is 0 Å². The quantitative estimate of drug-likeness (QED) is 0.494. The third-order valence-electron chi connectivity index (χ3n) is 6.74. The first-order chi connectivity index (χ1) is 16.5. The Balaban J connectivity index is 0.00000289. The van der Waals surface area contributed by atoms with Crippen LogP contribution in [0.3, 0.4) is 0 Å². The molecule has 35 heavy (non-hydrogen) atoms. The summed E-state index contributed by atoms with van der Waals surface area (Å²) in [6, 6.07) is 17.7. The fourth-order valence-electron chi connectivity index (χ4n) is 4.72. The Labute approximate surface area is 212 Å². The lowest BCUT2D eigenvalue weighted by molar-refractivity contribution is 0.0946. The molecule has 0 spiro atoms. The topological polar surface area (TPSA) is 60.5 Å². The summed E-state index contributed by atoms with van der Waals surface area (Å²) in [5, 5.41) is 6.00. The molecule has 1 fully saturated rings. The minimum absolute atomic E-state index is 0. The number of hydrogen-bond acceptors (Lipinski definition) is 5. The maximum atomic E-state index is 14.9. The van der Waals surface area contributed by atoms with Gasteiger partial charge in [0.25, 0.3) is 5.91 Å². The van der Waals surface area contributed by atoms with E-state index in [1.54, 1.807) is 18.2 Å². The molecule has 1 aromatic heterocycles. The van der Waals surface area contributed by atoms with Gasteiger partial charge < -0.3 is 15.5 Å². The second kappa shape index (κ2) is 10.6. The molecule has 1 saturated heterocycles. The Morgan fingerprint density at radius 2 is 1.69 bits per heavy atom. The number of halogens is 2. The highest BCUT2D eigenvalue weighted by Crippen LogP contribution is 2.28. The van der Waals surface area contributed by atoms with E-state index < -0.39 is 5.95 Å². The van der Waals surface area contributed by atoms with Crippen molar-refractivity contribution >= 4 is 35.5 Å². The van der Waals surface area contributed by atoms with E-state index in [-0.39, 0.29) is 18.3 Å². The van der Waals surface area contributed by atoms with Crippen LogP contribution in [-0.4, -0.2) is 54.6 Å². The SMILES string of the molecule is CC(C)N1CCN(c2ccc(-c3ccc(Nc4ccc5c(c4)CCNC5=O)nc3F)cc2)CC1.Cl. The lowest BCUT2D eigenvalue weighted by Crippen LogP contribution is -2.48. The van der Waals surface area contributed by atoms with Crippen molar-refractivity contribution in [3.63, 3.8) is 0 Å². The summed E-state index contributed by atoms with van der Waals surface area (Å²) < 4.78 is 14.9. The number of piperazine rings is 1. The van der Waals surface area contributed by atoms with Crippen molar-refractivity contribution < 1.29 is 9.18 Å². The predicted octanol–water partition coefficient (Wildman–Crippen LogP) is 4.87. The summed E-state index contributed by atoms with van der Waals surface area (Å²) in [5.74, 6) is -0.133. The van der Waals surface area contributed by atoms with Gasteiger partial charge in [-0.25, -0.2) is 4.98 Å². The molecule has 2 N–H and O–H groups in total. The summed E-state index contributed by atoms with van der Waals surface area (Å²) in [7, 11) is 0. The molecule has 0 unspecified atom stereocenters. The van der Waals surface area contributed by atoms with Gasteiger partial charge in [0.1, 0.15) is 5.82 Å². The van der Waals surface area contributed by atoms with Crippen molar-refractivity contribution in [2.45, 2.75) is 26.3 Å². The maximum Gasteiger partial charge on any atom is 0.251 e. The zero-order chi connectivity index (χ0) is 23.7. The standard InChI is InChI=1S/C27H30FN5O.ClH/c1-18(2)32-13-15-33(16-14-32)22-6-3-19(4-7-22)23-9-10-25(31-26(23)28)30-21-5-8-24-20(17-21)11-12-29-27(24)34;/h3-10,17-18H,11-16H2,1-2H3,(H,29,34)(H,30,31);1H. The van der Waals surface area contributed by atoms with Gasteiger partial charge in [-0.2, -0.15) is 4.39 Å². The van der Waals surface area contributed by atoms with E-state index in [0.29, 0.717) is 29.5 Å². The molecule has 0 saturated carbocycles. The highest BCUT2D eigenvalue weighted by Gasteiger charge is 2.19. The first-order valence-corrected chi connectivity index (χ1v) is 11.9. The van der Waals surface area contributed by atoms with Gasteiger partial charge in [-0.05, 0) is 73.9 Å². The van der Waals surface area contributed by atoms with Crippen LogP contribution in [0.15, 0.2) is 54.6 Å². The van der Waals surface area contributed by atoms with Crippen LogP contribution in [0.5, 0.6) is 0 Å². The molecule has 0 bridgehead atoms. The molecule has 8 heteroatoms. The average molecular weight is 496 g/mol. The van der Waals surface area contributed by atoms with E-state index in [9.17, 15) is 9.18 Å². The number of amides is 1. The van der Waals surface area contributed by atoms with Crippen LogP contribution in [0.2, 0.25) is 0 Å². The van der Waals surface area contributed by atoms with Gasteiger partial charge in [0.05, 0.1) is 0 Å². The molecule has 0 atom stereocenters. The minimum atomic E-state index is -0.513. The van der Waals surface area contributed by atoms with Gasteiger partial charge in [-0.15, -0.1) is 12.4 Å². The smallest absolute Gasteiger partial charge is 0.251 e. The number of fused-ring (bicyclic) bond motifs is 1. The summed E-state index contributed by atoms with van der Waals surface area (Å²) in [6.07, 6.45) is 0.778. The Morgan fingerprint density at radius 3 is 2.37 bits per heavy atom. The van der Waals surface area contributed by atoms with E-state index >= 15 is 0 Å². The normalized spacial score (nSPS) is 15.9. The Morgan fingerprint density at radius 1 is 0.971 bits per heavy atom. The van der Waals surface area contributed by atoms with Crippen molar-refractivity contribution in [1.29, 1.82) is 0 Å². The Bertz CT molecular complexity index is 1190. The molecule has 2 aliphatic heterocycles. The molecule has 2 aromatic carbocycles. The number of carbonyl (C=O) groups excluding carboxylic acids is 1. The Hall–Kier alpha value is -3.16. The van der Waals surface area contributed by atoms with Gasteiger partial charge in [-0.3, -0.25) is 9.69 Å². The van der Waals surface area contributed by atoms with Gasteiger partial charge in [0, 0.05) is 61.3 Å². The van der Waals surface area contributed by atoms with Crippen molar-refractivity contribution in [2.75, 3.05) is 42.9 Å². The molecule has 184 valence electrons. The van der Waals surface area contributed by atoms with Crippen molar-refractivity contribution in [3.05, 3.63) is 71.7 Å². The first kappa shape index (κ1) is 24.9. The second-order valence-corrected chi connectivity index (χ2v) is 9.20. The highest BCUT2D eigenvalue weighted by molar-refractivity contribution is 5.97. The number of nitrogens with one attached hydrogen (secondary N) is 2. The lowest BCUT2D eigenvalue weighted by Gasteiger charge is -2.38. The molecule has 0 radical (unpaired) electrons. The van der Waals surface area contributed by atoms with Crippen molar-refractivity contribution in [1.82, 2.24) is 15.2 Å². The summed E-state index contributed by atoms with van der Waals surface area (Å²) in [5.41, 5.74) is 4.91. The molecule has 3 aromatic rings. The fraction of sp³-hybridized carbons (Fsp3) is 0.333. The maximum absolute atomic E-state index is 14.9. The summed E-state index contributed by atoms with van der Waals surface area (Å²) in [4.78, 5) is 20.9. The number of carbonyl (C=O) groups is 1.